The Hall–Kier alpha value is -2.82. The second kappa shape index (κ2) is 8.87. The van der Waals surface area contributed by atoms with Crippen LogP contribution in [0.1, 0.15) is 36.0 Å². The zero-order valence-corrected chi connectivity index (χ0v) is 14.8. The number of carbonyl (C=O) groups excluding carboxylic acids is 2. The molecule has 2 aromatic carbocycles. The van der Waals surface area contributed by atoms with Gasteiger partial charge in [-0.05, 0) is 43.0 Å². The van der Waals surface area contributed by atoms with Crippen molar-refractivity contribution < 1.29 is 14.3 Å². The molecular formula is C20H24N2O3. The van der Waals surface area contributed by atoms with Crippen LogP contribution < -0.4 is 15.6 Å². The molecule has 0 aliphatic rings. The molecule has 0 bridgehead atoms. The van der Waals surface area contributed by atoms with Crippen LogP contribution in [-0.2, 0) is 9.59 Å². The molecule has 0 saturated carbocycles. The van der Waals surface area contributed by atoms with E-state index in [1.54, 1.807) is 0 Å². The van der Waals surface area contributed by atoms with Crippen molar-refractivity contribution in [3.63, 3.8) is 0 Å². The Morgan fingerprint density at radius 3 is 2.44 bits per heavy atom. The summed E-state index contributed by atoms with van der Waals surface area (Å²) >= 11 is 0. The second-order valence-corrected chi connectivity index (χ2v) is 5.97. The molecule has 0 aromatic heterocycles. The molecule has 2 rings (SSSR count). The third kappa shape index (κ3) is 5.35. The lowest BCUT2D eigenvalue weighted by Gasteiger charge is -2.16. The van der Waals surface area contributed by atoms with Gasteiger partial charge in [0.25, 0.3) is 5.91 Å². The molecule has 2 amide bonds. The molecule has 2 aromatic rings. The molecule has 0 heterocycles. The molecule has 0 radical (unpaired) electrons. The van der Waals surface area contributed by atoms with Gasteiger partial charge in [0.15, 0.2) is 6.61 Å². The van der Waals surface area contributed by atoms with E-state index >= 15 is 0 Å². The molecule has 1 unspecified atom stereocenters. The number of aryl methyl sites for hydroxylation is 2. The van der Waals surface area contributed by atoms with Crippen LogP contribution in [-0.4, -0.2) is 18.4 Å². The normalized spacial score (nSPS) is 11.5. The number of benzene rings is 2. The first kappa shape index (κ1) is 18.5. The Balaban J connectivity index is 1.84. The van der Waals surface area contributed by atoms with Crippen molar-refractivity contribution in [2.24, 2.45) is 0 Å². The highest BCUT2D eigenvalue weighted by molar-refractivity contribution is 5.86. The fourth-order valence-electron chi connectivity index (χ4n) is 2.52. The second-order valence-electron chi connectivity index (χ2n) is 5.97. The van der Waals surface area contributed by atoms with E-state index in [9.17, 15) is 9.59 Å². The van der Waals surface area contributed by atoms with Crippen molar-refractivity contribution in [2.75, 3.05) is 6.61 Å². The molecule has 132 valence electrons. The molecule has 0 spiro atoms. The molecule has 25 heavy (non-hydrogen) atoms. The fourth-order valence-corrected chi connectivity index (χ4v) is 2.52. The van der Waals surface area contributed by atoms with Crippen LogP contribution in [0.15, 0.2) is 48.5 Å². The van der Waals surface area contributed by atoms with E-state index in [4.69, 9.17) is 4.74 Å². The maximum absolute atomic E-state index is 12.3. The van der Waals surface area contributed by atoms with Gasteiger partial charge in [0, 0.05) is 0 Å². The number of amides is 2. The first-order valence-electron chi connectivity index (χ1n) is 8.35. The maximum atomic E-state index is 12.3. The molecule has 5 heteroatoms. The summed E-state index contributed by atoms with van der Waals surface area (Å²) in [6, 6.07) is 15.3. The molecule has 5 nitrogen and oxygen atoms in total. The summed E-state index contributed by atoms with van der Waals surface area (Å²) in [5.74, 6) is -0.287. The predicted molar refractivity (Wildman–Crippen MR) is 97.2 cm³/mol. The standard InChI is InChI=1S/C20H24N2O3/c1-4-17(16-8-6-5-7-9-16)20(24)22-21-19(23)13-25-18-12-14(2)10-11-15(18)3/h5-12,17H,4,13H2,1-3H3,(H,21,23)(H,22,24). The van der Waals surface area contributed by atoms with Crippen LogP contribution in [0.5, 0.6) is 5.75 Å². The van der Waals surface area contributed by atoms with E-state index in [0.29, 0.717) is 12.2 Å². The minimum absolute atomic E-state index is 0.160. The minimum atomic E-state index is -0.405. The molecule has 0 saturated heterocycles. The number of rotatable bonds is 6. The van der Waals surface area contributed by atoms with E-state index in [0.717, 1.165) is 16.7 Å². The van der Waals surface area contributed by atoms with E-state index in [-0.39, 0.29) is 18.4 Å². The lowest BCUT2D eigenvalue weighted by molar-refractivity contribution is -0.130. The van der Waals surface area contributed by atoms with Crippen molar-refractivity contribution in [3.8, 4) is 5.75 Å². The van der Waals surface area contributed by atoms with Gasteiger partial charge in [-0.1, -0.05) is 49.4 Å². The summed E-state index contributed by atoms with van der Waals surface area (Å²) in [6.07, 6.45) is 0.644. The van der Waals surface area contributed by atoms with Crippen LogP contribution in [0.4, 0.5) is 0 Å². The third-order valence-corrected chi connectivity index (χ3v) is 3.95. The number of hydrogen-bond acceptors (Lipinski definition) is 3. The summed E-state index contributed by atoms with van der Waals surface area (Å²) in [6.45, 7) is 5.65. The molecular weight excluding hydrogens is 316 g/mol. The Morgan fingerprint density at radius 1 is 1.04 bits per heavy atom. The summed E-state index contributed by atoms with van der Waals surface area (Å²) in [5, 5.41) is 0. The Kier molecular flexibility index (Phi) is 6.57. The first-order valence-corrected chi connectivity index (χ1v) is 8.35. The van der Waals surface area contributed by atoms with Gasteiger partial charge in [-0.3, -0.25) is 20.4 Å². The van der Waals surface area contributed by atoms with E-state index in [1.807, 2.05) is 69.3 Å². The Morgan fingerprint density at radius 2 is 1.76 bits per heavy atom. The van der Waals surface area contributed by atoms with Crippen LogP contribution in [0.3, 0.4) is 0 Å². The average Bonchev–Trinajstić information content (AvgIpc) is 2.62. The van der Waals surface area contributed by atoms with Gasteiger partial charge in [0.1, 0.15) is 5.75 Å². The Labute approximate surface area is 148 Å². The molecule has 1 atom stereocenters. The molecule has 0 fully saturated rings. The SMILES string of the molecule is CCC(C(=O)NNC(=O)COc1cc(C)ccc1C)c1ccccc1. The maximum Gasteiger partial charge on any atom is 0.276 e. The van der Waals surface area contributed by atoms with Gasteiger partial charge in [0.05, 0.1) is 5.92 Å². The van der Waals surface area contributed by atoms with Crippen molar-refractivity contribution in [3.05, 3.63) is 65.2 Å². The first-order chi connectivity index (χ1) is 12.0. The summed E-state index contributed by atoms with van der Waals surface area (Å²) < 4.78 is 5.52. The average molecular weight is 340 g/mol. The zero-order chi connectivity index (χ0) is 18.2. The van der Waals surface area contributed by atoms with E-state index in [1.165, 1.54) is 0 Å². The lowest BCUT2D eigenvalue weighted by atomic mass is 9.96. The highest BCUT2D eigenvalue weighted by Gasteiger charge is 2.18. The highest BCUT2D eigenvalue weighted by Crippen LogP contribution is 2.19. The van der Waals surface area contributed by atoms with Gasteiger partial charge in [-0.15, -0.1) is 0 Å². The quantitative estimate of drug-likeness (QED) is 0.794. The highest BCUT2D eigenvalue weighted by atomic mass is 16.5. The van der Waals surface area contributed by atoms with Crippen molar-refractivity contribution >= 4 is 11.8 Å². The van der Waals surface area contributed by atoms with Gasteiger partial charge in [0.2, 0.25) is 5.91 Å². The van der Waals surface area contributed by atoms with Crippen LogP contribution >= 0.6 is 0 Å². The molecule has 0 aliphatic carbocycles. The van der Waals surface area contributed by atoms with Gasteiger partial charge >= 0.3 is 0 Å². The lowest BCUT2D eigenvalue weighted by Crippen LogP contribution is -2.45. The van der Waals surface area contributed by atoms with Gasteiger partial charge < -0.3 is 4.74 Å². The zero-order valence-electron chi connectivity index (χ0n) is 14.8. The molecule has 2 N–H and O–H groups in total. The van der Waals surface area contributed by atoms with Crippen LogP contribution in [0.25, 0.3) is 0 Å². The number of carbonyl (C=O) groups is 2. The largest absolute Gasteiger partial charge is 0.483 e. The van der Waals surface area contributed by atoms with E-state index < -0.39 is 5.91 Å². The summed E-state index contributed by atoms with van der Waals surface area (Å²) in [7, 11) is 0. The van der Waals surface area contributed by atoms with Gasteiger partial charge in [-0.2, -0.15) is 0 Å². The number of ether oxygens (including phenoxy) is 1. The van der Waals surface area contributed by atoms with Gasteiger partial charge in [-0.25, -0.2) is 0 Å². The summed E-state index contributed by atoms with van der Waals surface area (Å²) in [5.41, 5.74) is 7.82. The van der Waals surface area contributed by atoms with Crippen LogP contribution in [0.2, 0.25) is 0 Å². The van der Waals surface area contributed by atoms with Crippen molar-refractivity contribution in [1.82, 2.24) is 10.9 Å². The smallest absolute Gasteiger partial charge is 0.276 e. The number of nitrogens with one attached hydrogen (secondary N) is 2. The van der Waals surface area contributed by atoms with Crippen molar-refractivity contribution in [2.45, 2.75) is 33.1 Å². The fraction of sp³-hybridized carbons (Fsp3) is 0.300. The van der Waals surface area contributed by atoms with Crippen LogP contribution in [0, 0.1) is 13.8 Å². The third-order valence-electron chi connectivity index (χ3n) is 3.95. The number of hydrogen-bond donors (Lipinski definition) is 2. The monoisotopic (exact) mass is 340 g/mol. The molecule has 0 aliphatic heterocycles. The Bertz CT molecular complexity index is 729. The number of hydrazine groups is 1. The van der Waals surface area contributed by atoms with E-state index in [2.05, 4.69) is 10.9 Å². The minimum Gasteiger partial charge on any atom is -0.483 e. The topological polar surface area (TPSA) is 67.4 Å². The predicted octanol–water partition coefficient (Wildman–Crippen LogP) is 3.02. The summed E-state index contributed by atoms with van der Waals surface area (Å²) in [4.78, 5) is 24.2. The van der Waals surface area contributed by atoms with Crippen molar-refractivity contribution in [1.29, 1.82) is 0 Å².